The largest absolute Gasteiger partial charge is 0.308 e. The van der Waals surface area contributed by atoms with Crippen molar-refractivity contribution in [1.82, 2.24) is 14.9 Å². The summed E-state index contributed by atoms with van der Waals surface area (Å²) in [6, 6.07) is 14.7. The van der Waals surface area contributed by atoms with Gasteiger partial charge in [-0.1, -0.05) is 43.5 Å². The van der Waals surface area contributed by atoms with Crippen molar-refractivity contribution in [1.29, 1.82) is 0 Å². The number of unbranched alkanes of at least 4 members (excludes halogenated alkanes) is 2. The van der Waals surface area contributed by atoms with Crippen molar-refractivity contribution in [2.24, 2.45) is 0 Å². The van der Waals surface area contributed by atoms with Gasteiger partial charge in [0.25, 0.3) is 5.56 Å². The Kier molecular flexibility index (Phi) is 6.07. The molecule has 0 saturated heterocycles. The summed E-state index contributed by atoms with van der Waals surface area (Å²) in [4.78, 5) is 18.0. The second-order valence-corrected chi connectivity index (χ2v) is 6.92. The predicted molar refractivity (Wildman–Crippen MR) is 108 cm³/mol. The molecular weight excluding hydrogens is 346 g/mol. The lowest BCUT2D eigenvalue weighted by Gasteiger charge is -2.19. The fourth-order valence-corrected chi connectivity index (χ4v) is 3.19. The van der Waals surface area contributed by atoms with Gasteiger partial charge in [-0.15, -0.1) is 0 Å². The molecule has 0 aliphatic heterocycles. The topological polar surface area (TPSA) is 46.9 Å². The molecule has 1 aromatic heterocycles. The molecule has 0 unspecified atom stereocenters. The highest BCUT2D eigenvalue weighted by Crippen LogP contribution is 2.19. The maximum Gasteiger partial charge on any atom is 0.266 e. The minimum Gasteiger partial charge on any atom is -0.308 e. The highest BCUT2D eigenvalue weighted by molar-refractivity contribution is 6.30. The first-order valence-electron chi connectivity index (χ1n) is 9.13. The van der Waals surface area contributed by atoms with E-state index in [4.69, 9.17) is 16.6 Å². The van der Waals surface area contributed by atoms with E-state index in [1.54, 1.807) is 16.7 Å². The molecule has 4 nitrogen and oxygen atoms in total. The van der Waals surface area contributed by atoms with Crippen molar-refractivity contribution in [3.05, 3.63) is 69.7 Å². The Bertz CT molecular complexity index is 934. The number of halogens is 1. The number of benzene rings is 2. The molecule has 1 heterocycles. The van der Waals surface area contributed by atoms with Crippen LogP contribution in [0.4, 0.5) is 0 Å². The molecule has 3 rings (SSSR count). The molecule has 136 valence electrons. The molecule has 0 spiro atoms. The van der Waals surface area contributed by atoms with Crippen molar-refractivity contribution in [3.8, 4) is 5.69 Å². The SMILES string of the molecule is CCCCCN[C@@H](C)c1nc2ccccc2c(=O)n1-c1ccc(Cl)cc1. The van der Waals surface area contributed by atoms with Crippen LogP contribution in [0.2, 0.25) is 5.02 Å². The smallest absolute Gasteiger partial charge is 0.266 e. The standard InChI is InChI=1S/C21H24ClN3O/c1-3-4-7-14-23-15(2)20-24-19-9-6-5-8-18(19)21(26)25(20)17-12-10-16(22)11-13-17/h5-6,8-13,15,23H,3-4,7,14H2,1-2H3/t15-/m0/s1. The second kappa shape index (κ2) is 8.47. The van der Waals surface area contributed by atoms with Crippen LogP contribution in [-0.2, 0) is 0 Å². The average Bonchev–Trinajstić information content (AvgIpc) is 2.66. The van der Waals surface area contributed by atoms with E-state index in [-0.39, 0.29) is 11.6 Å². The van der Waals surface area contributed by atoms with Gasteiger partial charge in [-0.05, 0) is 56.3 Å². The number of fused-ring (bicyclic) bond motifs is 1. The van der Waals surface area contributed by atoms with Crippen molar-refractivity contribution in [2.75, 3.05) is 6.54 Å². The molecule has 0 aliphatic rings. The fraction of sp³-hybridized carbons (Fsp3) is 0.333. The Labute approximate surface area is 158 Å². The third-order valence-corrected chi connectivity index (χ3v) is 4.76. The van der Waals surface area contributed by atoms with Crippen LogP contribution >= 0.6 is 11.6 Å². The Balaban J connectivity index is 2.08. The lowest BCUT2D eigenvalue weighted by molar-refractivity contribution is 0.513. The summed E-state index contributed by atoms with van der Waals surface area (Å²) < 4.78 is 1.69. The molecule has 1 N–H and O–H groups in total. The number of hydrogen-bond acceptors (Lipinski definition) is 3. The fourth-order valence-electron chi connectivity index (χ4n) is 3.06. The first-order chi connectivity index (χ1) is 12.6. The Morgan fingerprint density at radius 2 is 1.85 bits per heavy atom. The van der Waals surface area contributed by atoms with E-state index in [0.717, 1.165) is 24.2 Å². The molecular formula is C21H24ClN3O. The van der Waals surface area contributed by atoms with Crippen LogP contribution in [0.15, 0.2) is 53.3 Å². The summed E-state index contributed by atoms with van der Waals surface area (Å²) in [6.07, 6.45) is 3.48. The van der Waals surface area contributed by atoms with E-state index >= 15 is 0 Å². The quantitative estimate of drug-likeness (QED) is 0.604. The Hall–Kier alpha value is -2.17. The Morgan fingerprint density at radius 1 is 1.12 bits per heavy atom. The maximum atomic E-state index is 13.2. The maximum absolute atomic E-state index is 13.2. The molecule has 26 heavy (non-hydrogen) atoms. The monoisotopic (exact) mass is 369 g/mol. The van der Waals surface area contributed by atoms with Gasteiger partial charge in [-0.3, -0.25) is 9.36 Å². The normalized spacial score (nSPS) is 12.4. The number of rotatable bonds is 7. The zero-order chi connectivity index (χ0) is 18.5. The van der Waals surface area contributed by atoms with Gasteiger partial charge in [-0.25, -0.2) is 4.98 Å². The van der Waals surface area contributed by atoms with Gasteiger partial charge in [-0.2, -0.15) is 0 Å². The van der Waals surface area contributed by atoms with E-state index in [9.17, 15) is 4.79 Å². The number of aromatic nitrogens is 2. The van der Waals surface area contributed by atoms with Gasteiger partial charge in [0, 0.05) is 5.02 Å². The summed E-state index contributed by atoms with van der Waals surface area (Å²) >= 11 is 6.02. The highest BCUT2D eigenvalue weighted by atomic mass is 35.5. The summed E-state index contributed by atoms with van der Waals surface area (Å²) in [5.74, 6) is 0.715. The van der Waals surface area contributed by atoms with Crippen LogP contribution in [0, 0.1) is 0 Å². The third kappa shape index (κ3) is 3.97. The molecule has 3 aromatic rings. The van der Waals surface area contributed by atoms with Crippen molar-refractivity contribution in [3.63, 3.8) is 0 Å². The van der Waals surface area contributed by atoms with Gasteiger partial charge in [0.1, 0.15) is 5.82 Å². The van der Waals surface area contributed by atoms with Gasteiger partial charge >= 0.3 is 0 Å². The lowest BCUT2D eigenvalue weighted by Crippen LogP contribution is -2.30. The van der Waals surface area contributed by atoms with Gasteiger partial charge < -0.3 is 5.32 Å². The van der Waals surface area contributed by atoms with E-state index < -0.39 is 0 Å². The van der Waals surface area contributed by atoms with Crippen LogP contribution in [0.5, 0.6) is 0 Å². The molecule has 5 heteroatoms. The van der Waals surface area contributed by atoms with Crippen molar-refractivity contribution in [2.45, 2.75) is 39.2 Å². The molecule has 1 atom stereocenters. The lowest BCUT2D eigenvalue weighted by atomic mass is 10.2. The van der Waals surface area contributed by atoms with Gasteiger partial charge in [0.15, 0.2) is 0 Å². The molecule has 0 saturated carbocycles. The highest BCUT2D eigenvalue weighted by Gasteiger charge is 2.17. The van der Waals surface area contributed by atoms with Crippen LogP contribution in [0.3, 0.4) is 0 Å². The molecule has 0 amide bonds. The molecule has 0 fully saturated rings. The van der Waals surface area contributed by atoms with E-state index in [1.165, 1.54) is 12.8 Å². The summed E-state index contributed by atoms with van der Waals surface area (Å²) in [5, 5.41) is 4.76. The molecule has 2 aromatic carbocycles. The predicted octanol–water partition coefficient (Wildman–Crippen LogP) is 4.88. The van der Waals surface area contributed by atoms with E-state index in [0.29, 0.717) is 16.2 Å². The van der Waals surface area contributed by atoms with Crippen LogP contribution in [-0.4, -0.2) is 16.1 Å². The average molecular weight is 370 g/mol. The number of nitrogens with one attached hydrogen (secondary N) is 1. The summed E-state index contributed by atoms with van der Waals surface area (Å²) in [7, 11) is 0. The molecule has 0 bridgehead atoms. The van der Waals surface area contributed by atoms with Crippen LogP contribution < -0.4 is 10.9 Å². The Morgan fingerprint density at radius 3 is 2.58 bits per heavy atom. The van der Waals surface area contributed by atoms with Crippen LogP contribution in [0.1, 0.15) is 45.0 Å². The minimum atomic E-state index is -0.0601. The first-order valence-corrected chi connectivity index (χ1v) is 9.50. The van der Waals surface area contributed by atoms with E-state index in [2.05, 4.69) is 19.2 Å². The van der Waals surface area contributed by atoms with Crippen molar-refractivity contribution >= 4 is 22.5 Å². The van der Waals surface area contributed by atoms with E-state index in [1.807, 2.05) is 36.4 Å². The minimum absolute atomic E-state index is 0.0418. The summed E-state index contributed by atoms with van der Waals surface area (Å²) in [5.41, 5.74) is 1.44. The molecule has 0 aliphatic carbocycles. The first kappa shape index (κ1) is 18.6. The number of para-hydroxylation sites is 1. The van der Waals surface area contributed by atoms with Crippen molar-refractivity contribution < 1.29 is 0 Å². The second-order valence-electron chi connectivity index (χ2n) is 6.49. The zero-order valence-corrected chi connectivity index (χ0v) is 16.0. The van der Waals surface area contributed by atoms with Gasteiger partial charge in [0.2, 0.25) is 0 Å². The zero-order valence-electron chi connectivity index (χ0n) is 15.2. The number of nitrogens with zero attached hydrogens (tertiary/aromatic N) is 2. The van der Waals surface area contributed by atoms with Gasteiger partial charge in [0.05, 0.1) is 22.6 Å². The summed E-state index contributed by atoms with van der Waals surface area (Å²) in [6.45, 7) is 5.14. The van der Waals surface area contributed by atoms with Crippen LogP contribution in [0.25, 0.3) is 16.6 Å². The molecule has 0 radical (unpaired) electrons. The third-order valence-electron chi connectivity index (χ3n) is 4.50. The number of hydrogen-bond donors (Lipinski definition) is 1.